The predicted molar refractivity (Wildman–Crippen MR) is 116 cm³/mol. The van der Waals surface area contributed by atoms with Crippen molar-refractivity contribution in [3.63, 3.8) is 0 Å². The first-order valence-electron chi connectivity index (χ1n) is 10.3. The van der Waals surface area contributed by atoms with Crippen molar-refractivity contribution in [1.82, 2.24) is 0 Å². The van der Waals surface area contributed by atoms with Gasteiger partial charge in [-0.05, 0) is 48.2 Å². The van der Waals surface area contributed by atoms with Crippen molar-refractivity contribution in [3.05, 3.63) is 63.7 Å². The number of benzene rings is 2. The largest absolute Gasteiger partial charge is 0.490 e. The van der Waals surface area contributed by atoms with E-state index in [-0.39, 0.29) is 16.7 Å². The lowest BCUT2D eigenvalue weighted by Gasteiger charge is -2.27. The molecule has 8 heteroatoms. The van der Waals surface area contributed by atoms with Crippen molar-refractivity contribution < 1.29 is 23.9 Å². The van der Waals surface area contributed by atoms with E-state index in [2.05, 4.69) is 9.64 Å². The van der Waals surface area contributed by atoms with Crippen LogP contribution in [0.25, 0.3) is 6.08 Å². The number of hydrogen-bond acceptors (Lipinski definition) is 7. The highest BCUT2D eigenvalue weighted by Gasteiger charge is 2.31. The van der Waals surface area contributed by atoms with Crippen LogP contribution < -0.4 is 14.4 Å². The lowest BCUT2D eigenvalue weighted by atomic mass is 10.0. The third-order valence-corrected chi connectivity index (χ3v) is 5.53. The van der Waals surface area contributed by atoms with Gasteiger partial charge in [0, 0.05) is 25.1 Å². The maximum Gasteiger partial charge on any atom is 0.330 e. The van der Waals surface area contributed by atoms with Gasteiger partial charge in [0.05, 0.1) is 31.3 Å². The maximum atomic E-state index is 11.8. The van der Waals surface area contributed by atoms with Crippen LogP contribution in [0.4, 0.5) is 11.4 Å². The number of nitro benzene ring substituents is 1. The summed E-state index contributed by atoms with van der Waals surface area (Å²) in [6, 6.07) is 10.9. The number of esters is 1. The van der Waals surface area contributed by atoms with Crippen molar-refractivity contribution in [3.8, 4) is 11.5 Å². The predicted octanol–water partition coefficient (Wildman–Crippen LogP) is 4.28. The molecular formula is C23H24N2O6. The molecule has 2 aromatic carbocycles. The minimum atomic E-state index is -0.513. The van der Waals surface area contributed by atoms with Crippen LogP contribution >= 0.6 is 0 Å². The summed E-state index contributed by atoms with van der Waals surface area (Å²) >= 11 is 0. The molecule has 1 fully saturated rings. The van der Waals surface area contributed by atoms with E-state index in [0.29, 0.717) is 24.5 Å². The maximum absolute atomic E-state index is 11.8. The van der Waals surface area contributed by atoms with E-state index in [1.165, 1.54) is 25.3 Å². The van der Waals surface area contributed by atoms with E-state index in [1.807, 2.05) is 18.2 Å². The highest BCUT2D eigenvalue weighted by molar-refractivity contribution is 5.87. The molecule has 0 amide bonds. The fraction of sp³-hybridized carbons (Fsp3) is 0.348. The van der Waals surface area contributed by atoms with Crippen LogP contribution in [0.2, 0.25) is 0 Å². The van der Waals surface area contributed by atoms with Crippen LogP contribution in [0.1, 0.15) is 36.4 Å². The first-order valence-corrected chi connectivity index (χ1v) is 10.3. The fourth-order valence-corrected chi connectivity index (χ4v) is 4.05. The van der Waals surface area contributed by atoms with E-state index in [4.69, 9.17) is 9.47 Å². The fourth-order valence-electron chi connectivity index (χ4n) is 4.05. The molecule has 0 aliphatic carbocycles. The summed E-state index contributed by atoms with van der Waals surface area (Å²) in [6.07, 6.45) is 5.41. The number of rotatable bonds is 5. The molecule has 162 valence electrons. The quantitative estimate of drug-likeness (QED) is 0.306. The van der Waals surface area contributed by atoms with Gasteiger partial charge in [0.25, 0.3) is 5.69 Å². The molecule has 2 aliphatic rings. The molecule has 0 radical (unpaired) electrons. The van der Waals surface area contributed by atoms with Crippen LogP contribution in [0.15, 0.2) is 42.5 Å². The van der Waals surface area contributed by atoms with Crippen molar-refractivity contribution >= 4 is 23.4 Å². The molecular weight excluding hydrogens is 400 g/mol. The standard InChI is InChI=1S/C23H24N2O6/c1-29-23(26)10-6-16-5-8-19(20(14-16)25(27)28)24-11-2-4-18(24)17-7-9-21-22(15-17)31-13-3-12-30-21/h5-10,14-15,18H,2-4,11-13H2,1H3/b10-6+/t18-/m0/s1. The Labute approximate surface area is 180 Å². The smallest absolute Gasteiger partial charge is 0.330 e. The van der Waals surface area contributed by atoms with Gasteiger partial charge in [0.15, 0.2) is 11.5 Å². The molecule has 2 heterocycles. The second-order valence-corrected chi connectivity index (χ2v) is 7.47. The molecule has 0 spiro atoms. The monoisotopic (exact) mass is 424 g/mol. The molecule has 0 saturated carbocycles. The normalized spacial score (nSPS) is 18.1. The first-order chi connectivity index (χ1) is 15.1. The molecule has 8 nitrogen and oxygen atoms in total. The summed E-state index contributed by atoms with van der Waals surface area (Å²) in [6.45, 7) is 1.96. The highest BCUT2D eigenvalue weighted by atomic mass is 16.6. The van der Waals surface area contributed by atoms with E-state index in [9.17, 15) is 14.9 Å². The number of nitro groups is 1. The summed E-state index contributed by atoms with van der Waals surface area (Å²) in [7, 11) is 1.28. The van der Waals surface area contributed by atoms with Crippen molar-refractivity contribution in [1.29, 1.82) is 0 Å². The molecule has 1 atom stereocenters. The molecule has 0 bridgehead atoms. The number of nitrogens with zero attached hydrogens (tertiary/aromatic N) is 2. The van der Waals surface area contributed by atoms with Gasteiger partial charge in [-0.25, -0.2) is 4.79 Å². The van der Waals surface area contributed by atoms with Gasteiger partial charge < -0.3 is 19.1 Å². The second-order valence-electron chi connectivity index (χ2n) is 7.47. The highest BCUT2D eigenvalue weighted by Crippen LogP contribution is 2.43. The van der Waals surface area contributed by atoms with Crippen molar-refractivity contribution in [2.45, 2.75) is 25.3 Å². The number of hydrogen-bond donors (Lipinski definition) is 0. The number of anilines is 1. The summed E-state index contributed by atoms with van der Waals surface area (Å²) in [5.41, 5.74) is 2.18. The molecule has 0 unspecified atom stereocenters. The Hall–Kier alpha value is -3.55. The van der Waals surface area contributed by atoms with Gasteiger partial charge in [-0.1, -0.05) is 12.1 Å². The van der Waals surface area contributed by atoms with Crippen molar-refractivity contribution in [2.24, 2.45) is 0 Å². The van der Waals surface area contributed by atoms with Gasteiger partial charge in [-0.3, -0.25) is 10.1 Å². The summed E-state index contributed by atoms with van der Waals surface area (Å²) in [4.78, 5) is 24.9. The number of carbonyl (C=O) groups is 1. The lowest BCUT2D eigenvalue weighted by Crippen LogP contribution is -2.23. The van der Waals surface area contributed by atoms with Crippen LogP contribution in [0.5, 0.6) is 11.5 Å². The SMILES string of the molecule is COC(=O)/C=C/c1ccc(N2CCC[C@H]2c2ccc3c(c2)OCCCO3)c([N+](=O)[O-])c1. The van der Waals surface area contributed by atoms with Gasteiger partial charge >= 0.3 is 5.97 Å². The van der Waals surface area contributed by atoms with E-state index in [1.54, 1.807) is 12.1 Å². The van der Waals surface area contributed by atoms with Crippen LogP contribution in [0.3, 0.4) is 0 Å². The number of fused-ring (bicyclic) bond motifs is 1. The van der Waals surface area contributed by atoms with Gasteiger partial charge in [0.1, 0.15) is 5.69 Å². The second kappa shape index (κ2) is 9.07. The Morgan fingerprint density at radius 2 is 1.97 bits per heavy atom. The minimum Gasteiger partial charge on any atom is -0.490 e. The molecule has 31 heavy (non-hydrogen) atoms. The molecule has 0 aromatic heterocycles. The molecule has 1 saturated heterocycles. The Bertz CT molecular complexity index is 1020. The van der Waals surface area contributed by atoms with Gasteiger partial charge in [-0.15, -0.1) is 0 Å². The Balaban J connectivity index is 1.65. The molecule has 4 rings (SSSR count). The Morgan fingerprint density at radius 3 is 2.74 bits per heavy atom. The topological polar surface area (TPSA) is 91.1 Å². The molecule has 0 N–H and O–H groups in total. The average Bonchev–Trinajstić information content (AvgIpc) is 3.15. The Morgan fingerprint density at radius 1 is 1.16 bits per heavy atom. The first kappa shape index (κ1) is 20.7. The third kappa shape index (κ3) is 4.47. The number of carbonyl (C=O) groups excluding carboxylic acids is 1. The van der Waals surface area contributed by atoms with Gasteiger partial charge in [0.2, 0.25) is 0 Å². The van der Waals surface area contributed by atoms with E-state index >= 15 is 0 Å². The Kier molecular flexibility index (Phi) is 6.06. The van der Waals surface area contributed by atoms with E-state index < -0.39 is 5.97 Å². The summed E-state index contributed by atoms with van der Waals surface area (Å²) in [5, 5.41) is 11.8. The van der Waals surface area contributed by atoms with Crippen LogP contribution in [-0.2, 0) is 9.53 Å². The van der Waals surface area contributed by atoms with Crippen molar-refractivity contribution in [2.75, 3.05) is 31.8 Å². The zero-order valence-corrected chi connectivity index (χ0v) is 17.3. The summed E-state index contributed by atoms with van der Waals surface area (Å²) < 4.78 is 16.1. The van der Waals surface area contributed by atoms with Crippen LogP contribution in [0, 0.1) is 10.1 Å². The molecule has 2 aromatic rings. The van der Waals surface area contributed by atoms with E-state index in [0.717, 1.165) is 42.9 Å². The van der Waals surface area contributed by atoms with Gasteiger partial charge in [-0.2, -0.15) is 0 Å². The van der Waals surface area contributed by atoms with Crippen LogP contribution in [-0.4, -0.2) is 37.8 Å². The summed E-state index contributed by atoms with van der Waals surface area (Å²) in [5.74, 6) is 0.943. The average molecular weight is 424 g/mol. The molecule has 2 aliphatic heterocycles. The zero-order chi connectivity index (χ0) is 21.8. The minimum absolute atomic E-state index is 0.00677. The number of methoxy groups -OCH3 is 1. The third-order valence-electron chi connectivity index (χ3n) is 5.53. The number of ether oxygens (including phenoxy) is 3. The zero-order valence-electron chi connectivity index (χ0n) is 17.3. The lowest BCUT2D eigenvalue weighted by molar-refractivity contribution is -0.384.